The van der Waals surface area contributed by atoms with Gasteiger partial charge in [-0.3, -0.25) is 4.79 Å². The maximum atomic E-state index is 13.0. The number of alkyl halides is 1. The smallest absolute Gasteiger partial charge is 0.164 e. The number of allylic oxidation sites excluding steroid dienone is 1. The van der Waals surface area contributed by atoms with Crippen LogP contribution in [-0.2, 0) is 9.53 Å². The van der Waals surface area contributed by atoms with Gasteiger partial charge in [0, 0.05) is 6.20 Å². The van der Waals surface area contributed by atoms with Crippen molar-refractivity contribution in [1.29, 1.82) is 0 Å². The first-order valence-corrected chi connectivity index (χ1v) is 6.38. The molecule has 1 aliphatic heterocycles. The predicted molar refractivity (Wildman–Crippen MR) is 72.6 cm³/mol. The van der Waals surface area contributed by atoms with Crippen molar-refractivity contribution in [1.82, 2.24) is 4.90 Å². The van der Waals surface area contributed by atoms with E-state index in [4.69, 9.17) is 17.0 Å². The van der Waals surface area contributed by atoms with E-state index in [1.54, 1.807) is 0 Å². The van der Waals surface area contributed by atoms with E-state index in [-0.39, 0.29) is 10.8 Å². The van der Waals surface area contributed by atoms with Crippen molar-refractivity contribution in [3.8, 4) is 0 Å². The van der Waals surface area contributed by atoms with Crippen molar-refractivity contribution < 1.29 is 29.2 Å². The largest absolute Gasteiger partial charge is 0.393 e. The molecule has 1 unspecified atom stereocenters. The molecule has 0 amide bonds. The molecule has 114 valence electrons. The molecule has 0 aromatic rings. The van der Waals surface area contributed by atoms with Crippen LogP contribution in [0.2, 0.25) is 0 Å². The summed E-state index contributed by atoms with van der Waals surface area (Å²) in [5.74, 6) is -0.252. The summed E-state index contributed by atoms with van der Waals surface area (Å²) < 4.78 is 18.3. The Balaban J connectivity index is 3.04. The van der Waals surface area contributed by atoms with Crippen molar-refractivity contribution in [3.63, 3.8) is 0 Å². The number of ketones is 1. The molecule has 0 radical (unpaired) electrons. The summed E-state index contributed by atoms with van der Waals surface area (Å²) in [7, 11) is 0. The van der Waals surface area contributed by atoms with E-state index in [0.717, 1.165) is 0 Å². The summed E-state index contributed by atoms with van der Waals surface area (Å²) >= 11 is 4.98. The third-order valence-electron chi connectivity index (χ3n) is 3.11. The van der Waals surface area contributed by atoms with Crippen LogP contribution in [0.25, 0.3) is 0 Å². The molecule has 1 saturated heterocycles. The van der Waals surface area contributed by atoms with E-state index < -0.39 is 37.3 Å². The molecule has 1 aliphatic rings. The topological polar surface area (TPSA) is 90.2 Å². The zero-order chi connectivity index (χ0) is 15.5. The molecule has 3 N–H and O–H groups in total. The Hall–Kier alpha value is -0.930. The fourth-order valence-corrected chi connectivity index (χ4v) is 2.07. The molecule has 1 heterocycles. The van der Waals surface area contributed by atoms with Crippen LogP contribution in [0.15, 0.2) is 12.3 Å². The third kappa shape index (κ3) is 3.21. The molecular formula is C12H18FNO5S. The van der Waals surface area contributed by atoms with Crippen molar-refractivity contribution in [2.45, 2.75) is 37.9 Å². The van der Waals surface area contributed by atoms with Crippen molar-refractivity contribution in [2.75, 3.05) is 13.3 Å². The Morgan fingerprint density at radius 1 is 1.50 bits per heavy atom. The van der Waals surface area contributed by atoms with Gasteiger partial charge < -0.3 is 25.0 Å². The van der Waals surface area contributed by atoms with Gasteiger partial charge in [0.15, 0.2) is 17.6 Å². The standard InChI is InChI=1S/C12H18FNO5S/c1-7(16)3-4-14(8(2)20)11-9(17)10(18)12(5-13,6-15)19-11/h3-4,9-11,15,17-18H,5-6H2,1-2H3/b4-3-/t9-,10?,11+,12+/m0/s1. The van der Waals surface area contributed by atoms with E-state index in [0.29, 0.717) is 0 Å². The van der Waals surface area contributed by atoms with Gasteiger partial charge in [-0.2, -0.15) is 0 Å². The molecule has 0 bridgehead atoms. The molecule has 1 fully saturated rings. The highest BCUT2D eigenvalue weighted by Gasteiger charge is 2.55. The van der Waals surface area contributed by atoms with E-state index in [9.17, 15) is 24.5 Å². The monoisotopic (exact) mass is 307 g/mol. The number of hydrogen-bond donors (Lipinski definition) is 3. The second kappa shape index (κ2) is 6.68. The first-order valence-electron chi connectivity index (χ1n) is 5.97. The third-order valence-corrected chi connectivity index (χ3v) is 3.32. The van der Waals surface area contributed by atoms with Gasteiger partial charge in [0.2, 0.25) is 0 Å². The van der Waals surface area contributed by atoms with E-state index in [1.165, 1.54) is 31.0 Å². The summed E-state index contributed by atoms with van der Waals surface area (Å²) in [5.41, 5.74) is -1.89. The SMILES string of the molecule is CC(=O)/C=C\N(C(C)=S)[C@@H]1O[C@@](CO)(CF)C(O)[C@@H]1O. The lowest BCUT2D eigenvalue weighted by Gasteiger charge is -2.29. The zero-order valence-electron chi connectivity index (χ0n) is 11.2. The highest BCUT2D eigenvalue weighted by atomic mass is 32.1. The fraction of sp³-hybridized carbons (Fsp3) is 0.667. The van der Waals surface area contributed by atoms with Gasteiger partial charge in [-0.1, -0.05) is 12.2 Å². The van der Waals surface area contributed by atoms with Crippen LogP contribution in [0.5, 0.6) is 0 Å². The second-order valence-electron chi connectivity index (χ2n) is 4.65. The average molecular weight is 307 g/mol. The van der Waals surface area contributed by atoms with Gasteiger partial charge in [-0.15, -0.1) is 0 Å². The van der Waals surface area contributed by atoms with Gasteiger partial charge in [0.1, 0.15) is 18.9 Å². The zero-order valence-corrected chi connectivity index (χ0v) is 12.0. The first kappa shape index (κ1) is 17.1. The van der Waals surface area contributed by atoms with Gasteiger partial charge in [-0.05, 0) is 19.9 Å². The predicted octanol–water partition coefficient (Wildman–Crippen LogP) is -0.483. The average Bonchev–Trinajstić information content (AvgIpc) is 2.64. The van der Waals surface area contributed by atoms with Crippen LogP contribution < -0.4 is 0 Å². The lowest BCUT2D eigenvalue weighted by atomic mass is 9.97. The van der Waals surface area contributed by atoms with Crippen molar-refractivity contribution >= 4 is 23.0 Å². The van der Waals surface area contributed by atoms with Crippen LogP contribution in [0, 0.1) is 0 Å². The Bertz CT molecular complexity index is 413. The lowest BCUT2D eigenvalue weighted by molar-refractivity contribution is -0.138. The first-order chi connectivity index (χ1) is 9.29. The van der Waals surface area contributed by atoms with E-state index >= 15 is 0 Å². The molecule has 8 heteroatoms. The van der Waals surface area contributed by atoms with Crippen LogP contribution in [0.1, 0.15) is 13.8 Å². The fourth-order valence-electron chi connectivity index (χ4n) is 1.91. The van der Waals surface area contributed by atoms with Crippen molar-refractivity contribution in [2.24, 2.45) is 0 Å². The van der Waals surface area contributed by atoms with Crippen molar-refractivity contribution in [3.05, 3.63) is 12.3 Å². The van der Waals surface area contributed by atoms with Crippen LogP contribution in [0.3, 0.4) is 0 Å². The molecule has 1 rings (SSSR count). The number of aliphatic hydroxyl groups excluding tert-OH is 3. The Morgan fingerprint density at radius 3 is 2.45 bits per heavy atom. The molecule has 6 nitrogen and oxygen atoms in total. The summed E-state index contributed by atoms with van der Waals surface area (Å²) in [5, 5.41) is 29.0. The highest BCUT2D eigenvalue weighted by Crippen LogP contribution is 2.33. The number of nitrogens with zero attached hydrogens (tertiary/aromatic N) is 1. The molecule has 0 spiro atoms. The quantitative estimate of drug-likeness (QED) is 0.467. The minimum atomic E-state index is -1.89. The number of rotatable bonds is 5. The summed E-state index contributed by atoms with van der Waals surface area (Å²) in [6.45, 7) is 0.891. The Kier molecular flexibility index (Phi) is 5.72. The van der Waals surface area contributed by atoms with E-state index in [1.807, 2.05) is 0 Å². The number of ether oxygens (including phenoxy) is 1. The minimum Gasteiger partial charge on any atom is -0.393 e. The van der Waals surface area contributed by atoms with Crippen LogP contribution >= 0.6 is 12.2 Å². The van der Waals surface area contributed by atoms with Crippen LogP contribution in [-0.4, -0.2) is 68.3 Å². The lowest BCUT2D eigenvalue weighted by Crippen LogP contribution is -2.48. The number of halogens is 1. The molecule has 0 aliphatic carbocycles. The Labute approximate surface area is 121 Å². The van der Waals surface area contributed by atoms with Gasteiger partial charge in [0.25, 0.3) is 0 Å². The summed E-state index contributed by atoms with van der Waals surface area (Å²) in [6, 6.07) is 0. The Morgan fingerprint density at radius 2 is 2.10 bits per heavy atom. The molecule has 4 atom stereocenters. The summed E-state index contributed by atoms with van der Waals surface area (Å²) in [4.78, 5) is 12.5. The van der Waals surface area contributed by atoms with Crippen LogP contribution in [0.4, 0.5) is 4.39 Å². The number of aliphatic hydroxyl groups is 3. The molecule has 20 heavy (non-hydrogen) atoms. The maximum Gasteiger partial charge on any atom is 0.164 e. The number of hydrogen-bond acceptors (Lipinski definition) is 6. The molecular weight excluding hydrogens is 289 g/mol. The van der Waals surface area contributed by atoms with Gasteiger partial charge in [0.05, 0.1) is 11.6 Å². The maximum absolute atomic E-state index is 13.0. The minimum absolute atomic E-state index is 0.252. The molecule has 0 aromatic heterocycles. The number of carbonyl (C=O) groups excluding carboxylic acids is 1. The molecule has 0 aromatic carbocycles. The van der Waals surface area contributed by atoms with E-state index in [2.05, 4.69) is 0 Å². The summed E-state index contributed by atoms with van der Waals surface area (Å²) in [6.07, 6.45) is -1.78. The normalized spacial score (nSPS) is 33.6. The second-order valence-corrected chi connectivity index (χ2v) is 5.24. The molecule has 0 saturated carbocycles. The van der Waals surface area contributed by atoms with Gasteiger partial charge >= 0.3 is 0 Å². The number of thiocarbonyl (C=S) groups is 1. The highest BCUT2D eigenvalue weighted by molar-refractivity contribution is 7.80. The number of carbonyl (C=O) groups is 1. The van der Waals surface area contributed by atoms with Gasteiger partial charge in [-0.25, -0.2) is 4.39 Å².